The molecule has 0 saturated carbocycles. The molecule has 278 valence electrons. The van der Waals surface area contributed by atoms with Crippen molar-refractivity contribution in [2.45, 2.75) is 25.7 Å². The molecule has 2 atom stereocenters. The lowest BCUT2D eigenvalue weighted by Gasteiger charge is -2.24. The number of benzene rings is 6. The fourth-order valence-electron chi connectivity index (χ4n) is 9.17. The van der Waals surface area contributed by atoms with Crippen LogP contribution in [0.2, 0.25) is 0 Å². The number of hydrogen-bond acceptors (Lipinski definition) is 3. The summed E-state index contributed by atoms with van der Waals surface area (Å²) < 4.78 is 8.98. The zero-order valence-corrected chi connectivity index (χ0v) is 32.2. The third kappa shape index (κ3) is 5.53. The van der Waals surface area contributed by atoms with Gasteiger partial charge in [-0.3, -0.25) is 0 Å². The van der Waals surface area contributed by atoms with Gasteiger partial charge in [-0.25, -0.2) is 9.98 Å². The molecular formula is C53H40N4O. The number of amidine groups is 1. The zero-order valence-electron chi connectivity index (χ0n) is 32.2. The van der Waals surface area contributed by atoms with E-state index in [2.05, 4.69) is 181 Å². The number of rotatable bonds is 6. The third-order valence-electron chi connectivity index (χ3n) is 11.9. The molecule has 3 aliphatic rings. The first-order valence-electron chi connectivity index (χ1n) is 20.1. The van der Waals surface area contributed by atoms with Crippen molar-refractivity contribution in [1.82, 2.24) is 4.57 Å². The second-order valence-electron chi connectivity index (χ2n) is 15.4. The fourth-order valence-corrected chi connectivity index (χ4v) is 9.17. The first kappa shape index (κ1) is 34.0. The van der Waals surface area contributed by atoms with E-state index in [9.17, 15) is 0 Å². The predicted molar refractivity (Wildman–Crippen MR) is 242 cm³/mol. The van der Waals surface area contributed by atoms with Crippen LogP contribution in [0.5, 0.6) is 0 Å². The highest BCUT2D eigenvalue weighted by Gasteiger charge is 2.36. The van der Waals surface area contributed by atoms with Crippen molar-refractivity contribution in [3.05, 3.63) is 211 Å². The van der Waals surface area contributed by atoms with Gasteiger partial charge in [0.15, 0.2) is 5.84 Å². The number of anilines is 2. The van der Waals surface area contributed by atoms with Crippen LogP contribution in [0.25, 0.3) is 49.4 Å². The van der Waals surface area contributed by atoms with Crippen LogP contribution in [-0.2, 0) is 0 Å². The van der Waals surface area contributed by atoms with Gasteiger partial charge in [-0.05, 0) is 86.0 Å². The minimum atomic E-state index is 0.141. The maximum absolute atomic E-state index is 6.56. The maximum Gasteiger partial charge on any atom is 0.159 e. The highest BCUT2D eigenvalue weighted by Crippen LogP contribution is 2.53. The van der Waals surface area contributed by atoms with Gasteiger partial charge in [0.1, 0.15) is 11.2 Å². The quantitative estimate of drug-likeness (QED) is 0.126. The molecular weight excluding hydrogens is 709 g/mol. The van der Waals surface area contributed by atoms with Crippen molar-refractivity contribution < 1.29 is 4.42 Å². The van der Waals surface area contributed by atoms with Gasteiger partial charge in [-0.2, -0.15) is 0 Å². The number of hydrogen-bond donors (Lipinski definition) is 0. The first-order valence-corrected chi connectivity index (χ1v) is 20.1. The Labute approximate surface area is 337 Å². The van der Waals surface area contributed by atoms with Gasteiger partial charge < -0.3 is 13.9 Å². The number of allylic oxidation sites excluding steroid dienone is 8. The Morgan fingerprint density at radius 3 is 2.33 bits per heavy atom. The van der Waals surface area contributed by atoms with Crippen molar-refractivity contribution >= 4 is 66.7 Å². The van der Waals surface area contributed by atoms with Gasteiger partial charge in [0.25, 0.3) is 0 Å². The number of aliphatic imine (C=N–C) groups is 2. The third-order valence-corrected chi connectivity index (χ3v) is 11.9. The van der Waals surface area contributed by atoms with Crippen LogP contribution in [0, 0.1) is 5.92 Å². The standard InChI is InChI=1S/C53H40N4O/c1-34(36-17-6-3-7-18-36)54-53(37-19-8-4-9-20-37)55-35(2)40-25-16-28-51-52(40)45-31-39(29-30-50(45)58-51)57-47-27-15-13-24-42(47)44-32-48-43(33-49(44)57)41-23-12-14-26-46(41)56(48)38-21-10-5-11-22-38/h3-17,19-23,25-33,36,42H,1,18,24H2,2H3. The molecule has 2 aliphatic carbocycles. The van der Waals surface area contributed by atoms with E-state index in [1.165, 1.54) is 44.4 Å². The molecule has 2 aromatic heterocycles. The molecule has 0 radical (unpaired) electrons. The average molecular weight is 749 g/mol. The lowest BCUT2D eigenvalue weighted by atomic mass is 9.91. The number of aromatic nitrogens is 1. The van der Waals surface area contributed by atoms with E-state index in [-0.39, 0.29) is 11.8 Å². The summed E-state index contributed by atoms with van der Waals surface area (Å²) in [7, 11) is 0. The van der Waals surface area contributed by atoms with Crippen molar-refractivity contribution in [3.63, 3.8) is 0 Å². The molecule has 5 nitrogen and oxygen atoms in total. The minimum absolute atomic E-state index is 0.141. The Kier molecular flexibility index (Phi) is 8.07. The second kappa shape index (κ2) is 13.7. The second-order valence-corrected chi connectivity index (χ2v) is 15.4. The van der Waals surface area contributed by atoms with E-state index in [1.807, 2.05) is 18.2 Å². The SMILES string of the molecule is C=C(N=C(N=C(C)c1cccc2oc3ccc(N4C5=CC=CCC5c5cc6c(cc54)c4ccccc4n6-c4ccccc4)cc3c12)c1ccccc1)C1C=CC=CC1. The van der Waals surface area contributed by atoms with Crippen LogP contribution in [0.15, 0.2) is 208 Å². The van der Waals surface area contributed by atoms with Crippen LogP contribution >= 0.6 is 0 Å². The van der Waals surface area contributed by atoms with Crippen molar-refractivity contribution in [3.8, 4) is 5.69 Å². The Morgan fingerprint density at radius 1 is 0.672 bits per heavy atom. The van der Waals surface area contributed by atoms with Crippen molar-refractivity contribution in [2.24, 2.45) is 15.9 Å². The van der Waals surface area contributed by atoms with Crippen LogP contribution < -0.4 is 4.90 Å². The number of fused-ring (bicyclic) bond motifs is 9. The molecule has 0 N–H and O–H groups in total. The summed E-state index contributed by atoms with van der Waals surface area (Å²) in [4.78, 5) is 12.8. The number of nitrogens with zero attached hydrogens (tertiary/aromatic N) is 4. The Morgan fingerprint density at radius 2 is 1.48 bits per heavy atom. The lowest BCUT2D eigenvalue weighted by molar-refractivity contribution is 0.669. The zero-order chi connectivity index (χ0) is 38.7. The maximum atomic E-state index is 6.56. The average Bonchev–Trinajstić information content (AvgIpc) is 3.93. The smallest absolute Gasteiger partial charge is 0.159 e. The normalized spacial score (nSPS) is 17.7. The van der Waals surface area contributed by atoms with E-state index in [1.54, 1.807) is 0 Å². The van der Waals surface area contributed by atoms with Gasteiger partial charge in [0, 0.05) is 73.0 Å². The predicted octanol–water partition coefficient (Wildman–Crippen LogP) is 13.7. The van der Waals surface area contributed by atoms with Gasteiger partial charge >= 0.3 is 0 Å². The molecule has 3 heterocycles. The summed E-state index contributed by atoms with van der Waals surface area (Å²) in [6, 6.07) is 47.4. The van der Waals surface area contributed by atoms with Crippen LogP contribution in [0.4, 0.5) is 11.4 Å². The van der Waals surface area contributed by atoms with Gasteiger partial charge in [0.05, 0.1) is 16.7 Å². The summed E-state index contributed by atoms with van der Waals surface area (Å²) in [5.74, 6) is 1.04. The Bertz CT molecular complexity index is 3150. The molecule has 0 fully saturated rings. The largest absolute Gasteiger partial charge is 0.456 e. The molecule has 1 aliphatic heterocycles. The topological polar surface area (TPSA) is 46.0 Å². The van der Waals surface area contributed by atoms with Crippen LogP contribution in [0.1, 0.15) is 42.4 Å². The summed E-state index contributed by atoms with van der Waals surface area (Å²) >= 11 is 0. The van der Waals surface area contributed by atoms with Crippen molar-refractivity contribution in [2.75, 3.05) is 4.90 Å². The van der Waals surface area contributed by atoms with Gasteiger partial charge in [-0.15, -0.1) is 0 Å². The summed E-state index contributed by atoms with van der Waals surface area (Å²) in [6.45, 7) is 6.44. The Balaban J connectivity index is 1.06. The number of para-hydroxylation sites is 2. The molecule has 0 saturated heterocycles. The molecule has 58 heavy (non-hydrogen) atoms. The van der Waals surface area contributed by atoms with Crippen LogP contribution in [0.3, 0.4) is 0 Å². The van der Waals surface area contributed by atoms with Crippen molar-refractivity contribution in [1.29, 1.82) is 0 Å². The first-order chi connectivity index (χ1) is 28.6. The summed E-state index contributed by atoms with van der Waals surface area (Å²) in [5.41, 5.74) is 13.9. The highest BCUT2D eigenvalue weighted by atomic mass is 16.3. The van der Waals surface area contributed by atoms with E-state index in [4.69, 9.17) is 14.4 Å². The molecule has 0 amide bonds. The van der Waals surface area contributed by atoms with Gasteiger partial charge in [-0.1, -0.05) is 122 Å². The molecule has 5 heteroatoms. The van der Waals surface area contributed by atoms with E-state index < -0.39 is 0 Å². The molecule has 11 rings (SSSR count). The van der Waals surface area contributed by atoms with Crippen LogP contribution in [-0.4, -0.2) is 16.1 Å². The Hall–Kier alpha value is -7.24. The number of furan rings is 1. The molecule has 6 aromatic carbocycles. The minimum Gasteiger partial charge on any atom is -0.456 e. The molecule has 8 aromatic rings. The molecule has 2 unspecified atom stereocenters. The fraction of sp³-hybridized carbons (Fsp3) is 0.0943. The molecule has 0 bridgehead atoms. The summed E-state index contributed by atoms with van der Waals surface area (Å²) in [6.07, 6.45) is 17.1. The summed E-state index contributed by atoms with van der Waals surface area (Å²) in [5, 5.41) is 4.59. The monoisotopic (exact) mass is 748 g/mol. The van der Waals surface area contributed by atoms with E-state index >= 15 is 0 Å². The highest BCUT2D eigenvalue weighted by molar-refractivity contribution is 6.21. The lowest BCUT2D eigenvalue weighted by Crippen LogP contribution is -2.14. The van der Waals surface area contributed by atoms with E-state index in [0.717, 1.165) is 63.0 Å². The van der Waals surface area contributed by atoms with Gasteiger partial charge in [0.2, 0.25) is 0 Å². The van der Waals surface area contributed by atoms with E-state index in [0.29, 0.717) is 5.84 Å². The molecule has 0 spiro atoms.